The minimum atomic E-state index is -0.0313. The van der Waals surface area contributed by atoms with Crippen LogP contribution >= 0.6 is 0 Å². The van der Waals surface area contributed by atoms with Crippen molar-refractivity contribution in [3.8, 4) is 0 Å². The predicted octanol–water partition coefficient (Wildman–Crippen LogP) is 3.80. The Balaban J connectivity index is 3.04. The fourth-order valence-electron chi connectivity index (χ4n) is 1.44. The van der Waals surface area contributed by atoms with E-state index in [-0.39, 0.29) is 5.60 Å². The molecule has 110 valence electrons. The fourth-order valence-corrected chi connectivity index (χ4v) is 1.44. The summed E-state index contributed by atoms with van der Waals surface area (Å²) in [6.07, 6.45) is 4.78. The maximum atomic E-state index is 5.61. The van der Waals surface area contributed by atoms with Crippen LogP contribution in [0.15, 0.2) is 0 Å². The first-order valence-electron chi connectivity index (χ1n) is 7.25. The number of ether oxygens (including phenoxy) is 3. The standard InChI is InChI=1S/C15H32O3/c1-14(2)17-12-8-6-7-10-16-11-9-13-18-15(3,4)5/h14H,6-13H2,1-5H3. The third-order valence-electron chi connectivity index (χ3n) is 2.35. The fraction of sp³-hybridized carbons (Fsp3) is 1.00. The molecule has 0 bridgehead atoms. The van der Waals surface area contributed by atoms with E-state index in [2.05, 4.69) is 34.6 Å². The van der Waals surface area contributed by atoms with Gasteiger partial charge in [0.2, 0.25) is 0 Å². The average molecular weight is 260 g/mol. The highest BCUT2D eigenvalue weighted by Crippen LogP contribution is 2.06. The van der Waals surface area contributed by atoms with Gasteiger partial charge in [0.15, 0.2) is 0 Å². The summed E-state index contributed by atoms with van der Waals surface area (Å²) >= 11 is 0. The van der Waals surface area contributed by atoms with Crippen molar-refractivity contribution in [3.63, 3.8) is 0 Å². The molecule has 0 N–H and O–H groups in total. The molecule has 0 amide bonds. The predicted molar refractivity (Wildman–Crippen MR) is 76.1 cm³/mol. The van der Waals surface area contributed by atoms with Crippen molar-refractivity contribution < 1.29 is 14.2 Å². The van der Waals surface area contributed by atoms with Gasteiger partial charge in [-0.1, -0.05) is 0 Å². The van der Waals surface area contributed by atoms with Crippen LogP contribution in [0.5, 0.6) is 0 Å². The average Bonchev–Trinajstić information content (AvgIpc) is 2.24. The number of rotatable bonds is 11. The zero-order chi connectivity index (χ0) is 13.9. The van der Waals surface area contributed by atoms with Crippen LogP contribution in [0, 0.1) is 0 Å². The molecule has 3 heteroatoms. The molecule has 0 aliphatic rings. The second-order valence-electron chi connectivity index (χ2n) is 5.91. The second-order valence-corrected chi connectivity index (χ2v) is 5.91. The lowest BCUT2D eigenvalue weighted by Gasteiger charge is -2.19. The summed E-state index contributed by atoms with van der Waals surface area (Å²) in [7, 11) is 0. The smallest absolute Gasteiger partial charge is 0.0598 e. The second kappa shape index (κ2) is 10.8. The summed E-state index contributed by atoms with van der Waals surface area (Å²) in [6, 6.07) is 0. The molecular weight excluding hydrogens is 228 g/mol. The van der Waals surface area contributed by atoms with E-state index in [0.717, 1.165) is 45.7 Å². The molecule has 0 aromatic heterocycles. The van der Waals surface area contributed by atoms with Gasteiger partial charge in [-0.15, -0.1) is 0 Å². The number of hydrogen-bond donors (Lipinski definition) is 0. The molecular formula is C15H32O3. The molecule has 0 saturated heterocycles. The van der Waals surface area contributed by atoms with Gasteiger partial charge in [0, 0.05) is 26.4 Å². The lowest BCUT2D eigenvalue weighted by atomic mass is 10.2. The maximum Gasteiger partial charge on any atom is 0.0598 e. The molecule has 0 aromatic carbocycles. The Bertz CT molecular complexity index is 173. The molecule has 0 atom stereocenters. The van der Waals surface area contributed by atoms with Crippen LogP contribution < -0.4 is 0 Å². The quantitative estimate of drug-likeness (QED) is 0.529. The minimum Gasteiger partial charge on any atom is -0.381 e. The lowest BCUT2D eigenvalue weighted by molar-refractivity contribution is -0.0141. The summed E-state index contributed by atoms with van der Waals surface area (Å²) in [5, 5.41) is 0. The van der Waals surface area contributed by atoms with E-state index in [4.69, 9.17) is 14.2 Å². The Hall–Kier alpha value is -0.120. The monoisotopic (exact) mass is 260 g/mol. The first-order chi connectivity index (χ1) is 8.42. The summed E-state index contributed by atoms with van der Waals surface area (Å²) < 4.78 is 16.6. The number of unbranched alkanes of at least 4 members (excludes halogenated alkanes) is 2. The molecule has 0 spiro atoms. The normalized spacial score (nSPS) is 12.3. The van der Waals surface area contributed by atoms with Crippen LogP contribution in [0.1, 0.15) is 60.3 Å². The van der Waals surface area contributed by atoms with E-state index >= 15 is 0 Å². The lowest BCUT2D eigenvalue weighted by Crippen LogP contribution is -2.20. The van der Waals surface area contributed by atoms with E-state index in [0.29, 0.717) is 6.10 Å². The Morgan fingerprint density at radius 1 is 0.778 bits per heavy atom. The molecule has 0 aliphatic heterocycles. The topological polar surface area (TPSA) is 27.7 Å². The van der Waals surface area contributed by atoms with Gasteiger partial charge in [-0.3, -0.25) is 0 Å². The van der Waals surface area contributed by atoms with Gasteiger partial charge in [0.25, 0.3) is 0 Å². The highest BCUT2D eigenvalue weighted by molar-refractivity contribution is 4.58. The molecule has 0 radical (unpaired) electrons. The minimum absolute atomic E-state index is 0.0313. The molecule has 3 nitrogen and oxygen atoms in total. The highest BCUT2D eigenvalue weighted by Gasteiger charge is 2.08. The van der Waals surface area contributed by atoms with Gasteiger partial charge >= 0.3 is 0 Å². The summed E-state index contributed by atoms with van der Waals surface area (Å²) in [4.78, 5) is 0. The maximum absolute atomic E-state index is 5.61. The molecule has 18 heavy (non-hydrogen) atoms. The van der Waals surface area contributed by atoms with Gasteiger partial charge < -0.3 is 14.2 Å². The van der Waals surface area contributed by atoms with Crippen molar-refractivity contribution in [2.75, 3.05) is 26.4 Å². The van der Waals surface area contributed by atoms with Crippen LogP contribution in [0.3, 0.4) is 0 Å². The Morgan fingerprint density at radius 3 is 2.00 bits per heavy atom. The van der Waals surface area contributed by atoms with Crippen LogP contribution in [0.2, 0.25) is 0 Å². The van der Waals surface area contributed by atoms with Gasteiger partial charge in [-0.05, 0) is 60.3 Å². The molecule has 0 rings (SSSR count). The van der Waals surface area contributed by atoms with Crippen molar-refractivity contribution in [1.82, 2.24) is 0 Å². The van der Waals surface area contributed by atoms with E-state index in [1.54, 1.807) is 0 Å². The van der Waals surface area contributed by atoms with E-state index in [9.17, 15) is 0 Å². The van der Waals surface area contributed by atoms with Crippen molar-refractivity contribution in [3.05, 3.63) is 0 Å². The van der Waals surface area contributed by atoms with Crippen LogP contribution in [0.4, 0.5) is 0 Å². The van der Waals surface area contributed by atoms with Crippen molar-refractivity contribution in [1.29, 1.82) is 0 Å². The summed E-state index contributed by atoms with van der Waals surface area (Å²) in [6.45, 7) is 13.7. The van der Waals surface area contributed by atoms with Crippen molar-refractivity contribution in [2.45, 2.75) is 72.0 Å². The Kier molecular flexibility index (Phi) is 10.7. The molecule has 0 saturated carbocycles. The molecule has 0 aliphatic carbocycles. The van der Waals surface area contributed by atoms with Crippen molar-refractivity contribution in [2.24, 2.45) is 0 Å². The van der Waals surface area contributed by atoms with Crippen LogP contribution in [-0.4, -0.2) is 38.1 Å². The third kappa shape index (κ3) is 15.9. The zero-order valence-corrected chi connectivity index (χ0v) is 13.0. The van der Waals surface area contributed by atoms with E-state index in [1.807, 2.05) is 0 Å². The SMILES string of the molecule is CC(C)OCCCCCOCCCOC(C)(C)C. The highest BCUT2D eigenvalue weighted by atomic mass is 16.5. The van der Waals surface area contributed by atoms with E-state index < -0.39 is 0 Å². The Labute approximate surface area is 113 Å². The first kappa shape index (κ1) is 17.9. The van der Waals surface area contributed by atoms with Crippen molar-refractivity contribution >= 4 is 0 Å². The first-order valence-corrected chi connectivity index (χ1v) is 7.25. The van der Waals surface area contributed by atoms with Gasteiger partial charge in [-0.25, -0.2) is 0 Å². The molecule has 0 fully saturated rings. The molecule has 0 aromatic rings. The zero-order valence-electron chi connectivity index (χ0n) is 13.0. The largest absolute Gasteiger partial charge is 0.381 e. The summed E-state index contributed by atoms with van der Waals surface area (Å²) in [5.41, 5.74) is -0.0313. The van der Waals surface area contributed by atoms with Gasteiger partial charge in [0.1, 0.15) is 0 Å². The number of hydrogen-bond acceptors (Lipinski definition) is 3. The molecule has 0 unspecified atom stereocenters. The van der Waals surface area contributed by atoms with Crippen LogP contribution in [0.25, 0.3) is 0 Å². The van der Waals surface area contributed by atoms with E-state index in [1.165, 1.54) is 6.42 Å². The Morgan fingerprint density at radius 2 is 1.39 bits per heavy atom. The summed E-state index contributed by atoms with van der Waals surface area (Å²) in [5.74, 6) is 0. The molecule has 0 heterocycles. The van der Waals surface area contributed by atoms with Gasteiger partial charge in [0.05, 0.1) is 11.7 Å². The van der Waals surface area contributed by atoms with Crippen LogP contribution in [-0.2, 0) is 14.2 Å². The van der Waals surface area contributed by atoms with Gasteiger partial charge in [-0.2, -0.15) is 0 Å². The third-order valence-corrected chi connectivity index (χ3v) is 2.35.